The Labute approximate surface area is 117 Å². The lowest BCUT2D eigenvalue weighted by Crippen LogP contribution is -2.54. The van der Waals surface area contributed by atoms with E-state index in [4.69, 9.17) is 5.73 Å². The Morgan fingerprint density at radius 1 is 1.11 bits per heavy atom. The maximum atomic E-state index is 5.91. The molecule has 0 atom stereocenters. The molecule has 4 heteroatoms. The molecule has 0 aromatic carbocycles. The summed E-state index contributed by atoms with van der Waals surface area (Å²) in [5.74, 6) is 0.615. The topological polar surface area (TPSA) is 53.6 Å². The van der Waals surface area contributed by atoms with Gasteiger partial charge in [-0.3, -0.25) is 9.89 Å². The molecule has 2 rings (SSSR count). The van der Waals surface area contributed by atoms with Crippen molar-refractivity contribution in [3.05, 3.63) is 0 Å². The number of aliphatic imine (C=N–C) groups is 1. The lowest BCUT2D eigenvalue weighted by molar-refractivity contribution is 0.0408. The van der Waals surface area contributed by atoms with E-state index < -0.39 is 0 Å². The highest BCUT2D eigenvalue weighted by Crippen LogP contribution is 2.35. The molecule has 0 aromatic rings. The summed E-state index contributed by atoms with van der Waals surface area (Å²) in [6.07, 6.45) is 10.8. The molecule has 19 heavy (non-hydrogen) atoms. The summed E-state index contributed by atoms with van der Waals surface area (Å²) in [5.41, 5.74) is 6.21. The first-order chi connectivity index (χ1) is 9.27. The van der Waals surface area contributed by atoms with Crippen LogP contribution in [0.15, 0.2) is 4.99 Å². The number of rotatable bonds is 4. The molecule has 1 aliphatic heterocycles. The molecule has 2 fully saturated rings. The van der Waals surface area contributed by atoms with Crippen molar-refractivity contribution in [2.75, 3.05) is 26.2 Å². The van der Waals surface area contributed by atoms with Gasteiger partial charge in [0.1, 0.15) is 0 Å². The smallest absolute Gasteiger partial charge is 0.188 e. The fourth-order valence-corrected chi connectivity index (χ4v) is 3.62. The lowest BCUT2D eigenvalue weighted by atomic mass is 9.79. The van der Waals surface area contributed by atoms with Crippen LogP contribution in [0.2, 0.25) is 0 Å². The van der Waals surface area contributed by atoms with Gasteiger partial charge in [-0.25, -0.2) is 0 Å². The minimum absolute atomic E-state index is 0.304. The van der Waals surface area contributed by atoms with Gasteiger partial charge in [-0.2, -0.15) is 0 Å². The van der Waals surface area contributed by atoms with Crippen LogP contribution < -0.4 is 11.1 Å². The van der Waals surface area contributed by atoms with Gasteiger partial charge in [0.25, 0.3) is 0 Å². The van der Waals surface area contributed by atoms with Gasteiger partial charge >= 0.3 is 0 Å². The van der Waals surface area contributed by atoms with Crippen LogP contribution in [0.5, 0.6) is 0 Å². The van der Waals surface area contributed by atoms with Crippen molar-refractivity contribution in [3.63, 3.8) is 0 Å². The summed E-state index contributed by atoms with van der Waals surface area (Å²) < 4.78 is 0. The van der Waals surface area contributed by atoms with Crippen LogP contribution in [0, 0.1) is 0 Å². The quantitative estimate of drug-likeness (QED) is 0.605. The van der Waals surface area contributed by atoms with Crippen molar-refractivity contribution in [1.82, 2.24) is 10.2 Å². The Balaban J connectivity index is 2.03. The van der Waals surface area contributed by atoms with E-state index in [1.54, 1.807) is 0 Å². The molecule has 0 radical (unpaired) electrons. The molecule has 4 nitrogen and oxygen atoms in total. The molecule has 1 aliphatic carbocycles. The molecule has 0 aromatic heterocycles. The average Bonchev–Trinajstić information content (AvgIpc) is 2.47. The van der Waals surface area contributed by atoms with E-state index in [1.165, 1.54) is 64.5 Å². The molecule has 110 valence electrons. The Hall–Kier alpha value is -0.770. The van der Waals surface area contributed by atoms with Crippen LogP contribution >= 0.6 is 0 Å². The van der Waals surface area contributed by atoms with Gasteiger partial charge in [-0.05, 0) is 45.7 Å². The Kier molecular flexibility index (Phi) is 5.49. The predicted octanol–water partition coefficient (Wildman–Crippen LogP) is 2.10. The maximum absolute atomic E-state index is 5.91. The van der Waals surface area contributed by atoms with Crippen LogP contribution in [0.1, 0.15) is 58.3 Å². The molecule has 1 heterocycles. The van der Waals surface area contributed by atoms with Crippen LogP contribution in [0.4, 0.5) is 0 Å². The van der Waals surface area contributed by atoms with Crippen LogP contribution in [-0.2, 0) is 0 Å². The van der Waals surface area contributed by atoms with Gasteiger partial charge in [0.05, 0.1) is 6.54 Å². The van der Waals surface area contributed by atoms with Gasteiger partial charge < -0.3 is 11.1 Å². The van der Waals surface area contributed by atoms with Crippen molar-refractivity contribution in [2.45, 2.75) is 63.8 Å². The van der Waals surface area contributed by atoms with Crippen LogP contribution in [-0.4, -0.2) is 42.6 Å². The largest absolute Gasteiger partial charge is 0.370 e. The van der Waals surface area contributed by atoms with Crippen LogP contribution in [0.25, 0.3) is 0 Å². The molecule has 1 saturated heterocycles. The number of nitrogens with zero attached hydrogens (tertiary/aromatic N) is 2. The van der Waals surface area contributed by atoms with Gasteiger partial charge in [0.15, 0.2) is 5.96 Å². The zero-order valence-corrected chi connectivity index (χ0v) is 12.5. The van der Waals surface area contributed by atoms with Gasteiger partial charge in [-0.15, -0.1) is 0 Å². The molecular formula is C15H30N4. The van der Waals surface area contributed by atoms with E-state index >= 15 is 0 Å². The number of guanidine groups is 1. The third kappa shape index (κ3) is 3.85. The van der Waals surface area contributed by atoms with E-state index in [2.05, 4.69) is 22.1 Å². The summed E-state index contributed by atoms with van der Waals surface area (Å²) in [6.45, 7) is 6.31. The highest BCUT2D eigenvalue weighted by atomic mass is 15.2. The molecule has 1 saturated carbocycles. The second kappa shape index (κ2) is 7.13. The summed E-state index contributed by atoms with van der Waals surface area (Å²) in [7, 11) is 0. The minimum atomic E-state index is 0.304. The van der Waals surface area contributed by atoms with E-state index in [9.17, 15) is 0 Å². The highest BCUT2D eigenvalue weighted by Gasteiger charge is 2.38. The van der Waals surface area contributed by atoms with Crippen LogP contribution in [0.3, 0.4) is 0 Å². The summed E-state index contributed by atoms with van der Waals surface area (Å²) in [4.78, 5) is 7.35. The number of hydrogen-bond donors (Lipinski definition) is 2. The average molecular weight is 266 g/mol. The number of likely N-dealkylation sites (tertiary alicyclic amines) is 1. The number of nitrogens with two attached hydrogens (primary N) is 1. The molecular weight excluding hydrogens is 236 g/mol. The van der Waals surface area contributed by atoms with Gasteiger partial charge in [0.2, 0.25) is 0 Å². The Morgan fingerprint density at radius 3 is 2.37 bits per heavy atom. The van der Waals surface area contributed by atoms with E-state index in [1.807, 2.05) is 0 Å². The maximum Gasteiger partial charge on any atom is 0.188 e. The second-order valence-electron chi connectivity index (χ2n) is 6.06. The standard InChI is InChI=1S/C15H30N4/c1-2-17-14(16)18-13-15(9-5-3-6-10-15)19-11-7-4-8-12-19/h2-13H2,1H3,(H3,16,17,18). The van der Waals surface area contributed by atoms with E-state index in [-0.39, 0.29) is 0 Å². The van der Waals surface area contributed by atoms with Crippen molar-refractivity contribution < 1.29 is 0 Å². The molecule has 0 unspecified atom stereocenters. The normalized spacial score (nSPS) is 25.2. The first-order valence-corrected chi connectivity index (χ1v) is 8.06. The van der Waals surface area contributed by atoms with Crippen molar-refractivity contribution in [2.24, 2.45) is 10.7 Å². The first kappa shape index (κ1) is 14.6. The van der Waals surface area contributed by atoms with Gasteiger partial charge in [-0.1, -0.05) is 25.7 Å². The first-order valence-electron chi connectivity index (χ1n) is 8.06. The molecule has 2 aliphatic rings. The highest BCUT2D eigenvalue weighted by molar-refractivity contribution is 5.77. The third-order valence-corrected chi connectivity index (χ3v) is 4.71. The van der Waals surface area contributed by atoms with E-state index in [0.29, 0.717) is 11.5 Å². The third-order valence-electron chi connectivity index (χ3n) is 4.71. The SMILES string of the molecule is CCNC(N)=NCC1(N2CCCCC2)CCCCC1. The fraction of sp³-hybridized carbons (Fsp3) is 0.933. The number of piperidine rings is 1. The predicted molar refractivity (Wildman–Crippen MR) is 81.4 cm³/mol. The Bertz CT molecular complexity index is 289. The zero-order valence-electron chi connectivity index (χ0n) is 12.5. The lowest BCUT2D eigenvalue weighted by Gasteiger charge is -2.47. The number of hydrogen-bond acceptors (Lipinski definition) is 2. The molecule has 3 N–H and O–H groups in total. The van der Waals surface area contributed by atoms with Crippen molar-refractivity contribution in [3.8, 4) is 0 Å². The van der Waals surface area contributed by atoms with Gasteiger partial charge in [0, 0.05) is 12.1 Å². The summed E-state index contributed by atoms with van der Waals surface area (Å²) in [5, 5.41) is 3.11. The Morgan fingerprint density at radius 2 is 1.74 bits per heavy atom. The van der Waals surface area contributed by atoms with Crippen molar-refractivity contribution in [1.29, 1.82) is 0 Å². The minimum Gasteiger partial charge on any atom is -0.370 e. The number of nitrogens with one attached hydrogen (secondary N) is 1. The summed E-state index contributed by atoms with van der Waals surface area (Å²) >= 11 is 0. The summed E-state index contributed by atoms with van der Waals surface area (Å²) in [6, 6.07) is 0. The van der Waals surface area contributed by atoms with E-state index in [0.717, 1.165) is 13.1 Å². The second-order valence-corrected chi connectivity index (χ2v) is 6.06. The van der Waals surface area contributed by atoms with Crippen molar-refractivity contribution >= 4 is 5.96 Å². The molecule has 0 spiro atoms. The zero-order chi connectivity index (χ0) is 13.6. The fourth-order valence-electron chi connectivity index (χ4n) is 3.62. The molecule has 0 bridgehead atoms. The molecule has 0 amide bonds. The monoisotopic (exact) mass is 266 g/mol.